The Labute approximate surface area is 276 Å². The topological polar surface area (TPSA) is 9.23 Å². The highest BCUT2D eigenvalue weighted by atomic mass is 16.4. The lowest BCUT2D eigenvalue weighted by Gasteiger charge is -2.05. The average Bonchev–Trinajstić information content (AvgIpc) is 3.05. The Hall–Kier alpha value is -0.0400. The molecule has 3 fully saturated rings. The fourth-order valence-electron chi connectivity index (χ4n) is 6.51. The van der Waals surface area contributed by atoms with Crippen LogP contribution in [-0.4, -0.2) is 14.2 Å². The van der Waals surface area contributed by atoms with Crippen LogP contribution in [-0.2, 0) is 4.74 Å². The van der Waals surface area contributed by atoms with E-state index in [1.54, 1.807) is 14.2 Å². The maximum absolute atomic E-state index is 4.25. The number of rotatable bonds is 7. The van der Waals surface area contributed by atoms with Gasteiger partial charge in [-0.3, -0.25) is 0 Å². The molecular formula is C42H88O. The molecule has 0 saturated heterocycles. The predicted octanol–water partition coefficient (Wildman–Crippen LogP) is 16.1. The quantitative estimate of drug-likeness (QED) is 0.261. The minimum Gasteiger partial charge on any atom is -0.388 e. The Bertz CT molecular complexity index is 264. The molecule has 0 N–H and O–H groups in total. The Morgan fingerprint density at radius 2 is 0.326 bits per heavy atom. The predicted molar refractivity (Wildman–Crippen MR) is 200 cm³/mol. The largest absolute Gasteiger partial charge is 0.388 e. The van der Waals surface area contributed by atoms with E-state index in [4.69, 9.17) is 0 Å². The zero-order valence-electron chi connectivity index (χ0n) is 31.3. The molecule has 0 aromatic rings. The van der Waals surface area contributed by atoms with Gasteiger partial charge in [0.15, 0.2) is 0 Å². The van der Waals surface area contributed by atoms with E-state index in [0.717, 1.165) is 0 Å². The van der Waals surface area contributed by atoms with Crippen LogP contribution in [0, 0.1) is 0 Å². The fraction of sp³-hybridized carbons (Fsp3) is 1.00. The van der Waals surface area contributed by atoms with Gasteiger partial charge in [-0.25, -0.2) is 0 Å². The van der Waals surface area contributed by atoms with Crippen molar-refractivity contribution in [2.45, 2.75) is 258 Å². The molecule has 3 aliphatic rings. The number of unbranched alkanes of at least 4 members (excludes halogenated alkanes) is 7. The summed E-state index contributed by atoms with van der Waals surface area (Å²) < 4.78 is 4.25. The molecular weight excluding hydrogens is 520 g/mol. The number of ether oxygens (including phenoxy) is 1. The van der Waals surface area contributed by atoms with Crippen LogP contribution < -0.4 is 0 Å². The molecule has 262 valence electrons. The number of methoxy groups -OCH3 is 1. The van der Waals surface area contributed by atoms with Crippen molar-refractivity contribution in [2.24, 2.45) is 0 Å². The smallest absolute Gasteiger partial charge is 0.0351 e. The van der Waals surface area contributed by atoms with Crippen molar-refractivity contribution >= 4 is 0 Å². The van der Waals surface area contributed by atoms with Gasteiger partial charge in [-0.1, -0.05) is 258 Å². The lowest BCUT2D eigenvalue weighted by molar-refractivity contribution is 0.277. The third-order valence-corrected chi connectivity index (χ3v) is 9.46. The summed E-state index contributed by atoms with van der Waals surface area (Å²) in [4.78, 5) is 0. The molecule has 0 unspecified atom stereocenters. The first-order valence-electron chi connectivity index (χ1n) is 20.7. The molecule has 0 amide bonds. The highest BCUT2D eigenvalue weighted by molar-refractivity contribution is 4.53. The van der Waals surface area contributed by atoms with Crippen LogP contribution in [0.3, 0.4) is 0 Å². The molecule has 0 aromatic heterocycles. The van der Waals surface area contributed by atoms with Crippen molar-refractivity contribution in [3.8, 4) is 0 Å². The first kappa shape index (κ1) is 45.1. The average molecular weight is 609 g/mol. The van der Waals surface area contributed by atoms with Crippen molar-refractivity contribution in [3.05, 3.63) is 0 Å². The van der Waals surface area contributed by atoms with Gasteiger partial charge in [0.2, 0.25) is 0 Å². The molecule has 0 aliphatic heterocycles. The van der Waals surface area contributed by atoms with Crippen LogP contribution in [0.25, 0.3) is 0 Å². The van der Waals surface area contributed by atoms with Gasteiger partial charge in [0, 0.05) is 14.2 Å². The van der Waals surface area contributed by atoms with Gasteiger partial charge < -0.3 is 4.74 Å². The van der Waals surface area contributed by atoms with Crippen molar-refractivity contribution in [3.63, 3.8) is 0 Å². The van der Waals surface area contributed by atoms with E-state index < -0.39 is 0 Å². The summed E-state index contributed by atoms with van der Waals surface area (Å²) in [7, 11) is 3.25. The van der Waals surface area contributed by atoms with Gasteiger partial charge in [-0.05, 0) is 0 Å². The zero-order valence-corrected chi connectivity index (χ0v) is 31.3. The Morgan fingerprint density at radius 1 is 0.233 bits per heavy atom. The molecule has 3 saturated carbocycles. The third kappa shape index (κ3) is 49.0. The van der Waals surface area contributed by atoms with Gasteiger partial charge in [0.05, 0.1) is 0 Å². The SMILES string of the molecule is C1CCCCCCCCC1.C1CCCCCCCCC1.C1CCCCCCCCC1.CCCCCCCCCC.COC. The van der Waals surface area contributed by atoms with Gasteiger partial charge in [-0.2, -0.15) is 0 Å². The Morgan fingerprint density at radius 3 is 0.419 bits per heavy atom. The van der Waals surface area contributed by atoms with E-state index in [2.05, 4.69) is 18.6 Å². The van der Waals surface area contributed by atoms with E-state index in [9.17, 15) is 0 Å². The minimum atomic E-state index is 1.37. The second-order valence-electron chi connectivity index (χ2n) is 14.1. The monoisotopic (exact) mass is 609 g/mol. The number of hydrogen-bond acceptors (Lipinski definition) is 1. The normalized spacial score (nSPS) is 19.5. The Balaban J connectivity index is 0. The maximum Gasteiger partial charge on any atom is 0.0351 e. The summed E-state index contributed by atoms with van der Waals surface area (Å²) in [5, 5.41) is 0. The summed E-state index contributed by atoms with van der Waals surface area (Å²) in [5.74, 6) is 0. The highest BCUT2D eigenvalue weighted by Crippen LogP contribution is 2.17. The van der Waals surface area contributed by atoms with Crippen LogP contribution in [0.4, 0.5) is 0 Å². The van der Waals surface area contributed by atoms with Crippen LogP contribution >= 0.6 is 0 Å². The summed E-state index contributed by atoms with van der Waals surface area (Å²) in [5.41, 5.74) is 0. The maximum atomic E-state index is 4.25. The second kappa shape index (κ2) is 46.4. The summed E-state index contributed by atoms with van der Waals surface area (Å²) in [6, 6.07) is 0. The first-order chi connectivity index (χ1) is 21.3. The molecule has 3 aliphatic carbocycles. The van der Waals surface area contributed by atoms with Gasteiger partial charge in [0.1, 0.15) is 0 Å². The second-order valence-corrected chi connectivity index (χ2v) is 14.1. The van der Waals surface area contributed by atoms with Crippen LogP contribution in [0.5, 0.6) is 0 Å². The van der Waals surface area contributed by atoms with Gasteiger partial charge in [-0.15, -0.1) is 0 Å². The minimum absolute atomic E-state index is 1.37. The van der Waals surface area contributed by atoms with Crippen molar-refractivity contribution in [1.82, 2.24) is 0 Å². The highest BCUT2D eigenvalue weighted by Gasteiger charge is 1.98. The van der Waals surface area contributed by atoms with E-state index in [1.807, 2.05) is 0 Å². The molecule has 0 spiro atoms. The lowest BCUT2D eigenvalue weighted by Crippen LogP contribution is -1.85. The standard InChI is InChI=1S/3C10H20.C10H22.C2H6O/c3*1-2-4-6-8-10-9-7-5-3-1;1-3-5-7-9-10-8-6-4-2;1-3-2/h3*1-10H2;3-10H2,1-2H3;1-2H3. The van der Waals surface area contributed by atoms with E-state index in [-0.39, 0.29) is 0 Å². The van der Waals surface area contributed by atoms with Crippen LogP contribution in [0.15, 0.2) is 0 Å². The summed E-state index contributed by atoms with van der Waals surface area (Å²) >= 11 is 0. The van der Waals surface area contributed by atoms with Crippen LogP contribution in [0.1, 0.15) is 258 Å². The van der Waals surface area contributed by atoms with E-state index in [0.29, 0.717) is 0 Å². The summed E-state index contributed by atoms with van der Waals surface area (Å²) in [6.45, 7) is 4.54. The molecule has 1 heteroatoms. The first-order valence-corrected chi connectivity index (χ1v) is 20.7. The van der Waals surface area contributed by atoms with Crippen molar-refractivity contribution < 1.29 is 4.74 Å². The molecule has 0 heterocycles. The Kier molecular flexibility index (Phi) is 48.6. The fourth-order valence-corrected chi connectivity index (χ4v) is 6.51. The molecule has 1 nitrogen and oxygen atoms in total. The molecule has 0 aromatic carbocycles. The van der Waals surface area contributed by atoms with Gasteiger partial charge >= 0.3 is 0 Å². The van der Waals surface area contributed by atoms with Crippen LogP contribution in [0.2, 0.25) is 0 Å². The lowest BCUT2D eigenvalue weighted by atomic mass is 10.0. The summed E-state index contributed by atoms with van der Waals surface area (Å²) in [6.07, 6.45) is 56.5. The third-order valence-electron chi connectivity index (χ3n) is 9.46. The molecule has 43 heavy (non-hydrogen) atoms. The molecule has 3 rings (SSSR count). The van der Waals surface area contributed by atoms with Crippen molar-refractivity contribution in [2.75, 3.05) is 14.2 Å². The number of hydrogen-bond donors (Lipinski definition) is 0. The van der Waals surface area contributed by atoms with E-state index in [1.165, 1.54) is 244 Å². The molecule has 0 radical (unpaired) electrons. The zero-order chi connectivity index (χ0) is 31.6. The molecule has 0 bridgehead atoms. The van der Waals surface area contributed by atoms with E-state index >= 15 is 0 Å². The molecule has 0 atom stereocenters. The van der Waals surface area contributed by atoms with Gasteiger partial charge in [0.25, 0.3) is 0 Å². The van der Waals surface area contributed by atoms with Crippen molar-refractivity contribution in [1.29, 1.82) is 0 Å².